The first-order valence-corrected chi connectivity index (χ1v) is 5.30. The second kappa shape index (κ2) is 6.43. The van der Waals surface area contributed by atoms with Crippen LogP contribution in [0, 0.1) is 5.41 Å². The van der Waals surface area contributed by atoms with Crippen molar-refractivity contribution in [1.82, 2.24) is 5.32 Å². The Hall–Kier alpha value is -1.06. The largest absolute Gasteiger partial charge is 0.481 e. The van der Waals surface area contributed by atoms with Crippen molar-refractivity contribution in [1.29, 1.82) is 0 Å². The molecule has 0 aromatic heterocycles. The molecule has 0 aromatic carbocycles. The minimum Gasteiger partial charge on any atom is -0.481 e. The Morgan fingerprint density at radius 3 is 2.27 bits per heavy atom. The zero-order chi connectivity index (χ0) is 11.9. The summed E-state index contributed by atoms with van der Waals surface area (Å²) < 4.78 is 0. The van der Waals surface area contributed by atoms with Crippen LogP contribution in [0.15, 0.2) is 0 Å². The van der Waals surface area contributed by atoms with Crippen molar-refractivity contribution in [2.75, 3.05) is 6.54 Å². The van der Waals surface area contributed by atoms with Gasteiger partial charge in [0, 0.05) is 19.4 Å². The van der Waals surface area contributed by atoms with Gasteiger partial charge in [0.05, 0.1) is 0 Å². The number of hydrogen-bond acceptors (Lipinski definition) is 2. The second-order valence-electron chi connectivity index (χ2n) is 4.91. The average Bonchev–Trinajstić information content (AvgIpc) is 2.00. The maximum absolute atomic E-state index is 11.2. The highest BCUT2D eigenvalue weighted by atomic mass is 16.4. The Kier molecular flexibility index (Phi) is 5.97. The van der Waals surface area contributed by atoms with Crippen molar-refractivity contribution < 1.29 is 14.7 Å². The highest BCUT2D eigenvalue weighted by molar-refractivity contribution is 5.76. The van der Waals surface area contributed by atoms with Crippen LogP contribution in [0.25, 0.3) is 0 Å². The Balaban J connectivity index is 3.46. The van der Waals surface area contributed by atoms with Gasteiger partial charge in [-0.15, -0.1) is 0 Å². The van der Waals surface area contributed by atoms with E-state index < -0.39 is 5.97 Å². The second-order valence-corrected chi connectivity index (χ2v) is 4.91. The number of carbonyl (C=O) groups is 2. The molecule has 0 rings (SSSR count). The van der Waals surface area contributed by atoms with Crippen molar-refractivity contribution >= 4 is 11.9 Å². The van der Waals surface area contributed by atoms with Crippen molar-refractivity contribution in [3.05, 3.63) is 0 Å². The SMILES string of the molecule is CC(C)(C)CCNC(=O)CCCC(=O)O. The number of hydrogen-bond donors (Lipinski definition) is 2. The molecule has 0 saturated carbocycles. The molecule has 88 valence electrons. The fraction of sp³-hybridized carbons (Fsp3) is 0.818. The lowest BCUT2D eigenvalue weighted by molar-refractivity contribution is -0.137. The van der Waals surface area contributed by atoms with E-state index in [0.717, 1.165) is 6.42 Å². The molecule has 0 aromatic rings. The molecule has 0 saturated heterocycles. The van der Waals surface area contributed by atoms with Crippen molar-refractivity contribution in [3.8, 4) is 0 Å². The molecule has 0 aliphatic rings. The van der Waals surface area contributed by atoms with Crippen LogP contribution in [-0.4, -0.2) is 23.5 Å². The summed E-state index contributed by atoms with van der Waals surface area (Å²) in [6.07, 6.45) is 1.71. The predicted molar refractivity (Wildman–Crippen MR) is 58.6 cm³/mol. The number of amides is 1. The van der Waals surface area contributed by atoms with Crippen LogP contribution < -0.4 is 5.32 Å². The molecule has 0 unspecified atom stereocenters. The van der Waals surface area contributed by atoms with Crippen LogP contribution in [0.4, 0.5) is 0 Å². The van der Waals surface area contributed by atoms with Crippen LogP contribution in [0.1, 0.15) is 46.5 Å². The molecule has 0 aliphatic carbocycles. The molecule has 0 heterocycles. The van der Waals surface area contributed by atoms with Gasteiger partial charge >= 0.3 is 5.97 Å². The fourth-order valence-corrected chi connectivity index (χ4v) is 1.07. The first kappa shape index (κ1) is 13.9. The Morgan fingerprint density at radius 1 is 1.20 bits per heavy atom. The van der Waals surface area contributed by atoms with Crippen molar-refractivity contribution in [2.24, 2.45) is 5.41 Å². The maximum atomic E-state index is 11.2. The molecular formula is C11H21NO3. The van der Waals surface area contributed by atoms with E-state index in [1.54, 1.807) is 0 Å². The van der Waals surface area contributed by atoms with E-state index in [2.05, 4.69) is 26.1 Å². The zero-order valence-corrected chi connectivity index (χ0v) is 9.80. The molecule has 4 heteroatoms. The van der Waals surface area contributed by atoms with Gasteiger partial charge in [-0.05, 0) is 18.3 Å². The maximum Gasteiger partial charge on any atom is 0.303 e. The molecular weight excluding hydrogens is 194 g/mol. The minimum absolute atomic E-state index is 0.0551. The summed E-state index contributed by atoms with van der Waals surface area (Å²) >= 11 is 0. The third kappa shape index (κ3) is 10.9. The van der Waals surface area contributed by atoms with E-state index in [1.807, 2.05) is 0 Å². The topological polar surface area (TPSA) is 66.4 Å². The average molecular weight is 215 g/mol. The monoisotopic (exact) mass is 215 g/mol. The number of nitrogens with one attached hydrogen (secondary N) is 1. The van der Waals surface area contributed by atoms with Gasteiger partial charge in [0.2, 0.25) is 5.91 Å². The third-order valence-electron chi connectivity index (χ3n) is 1.99. The number of carbonyl (C=O) groups excluding carboxylic acids is 1. The molecule has 0 atom stereocenters. The van der Waals surface area contributed by atoms with Gasteiger partial charge in [-0.2, -0.15) is 0 Å². The van der Waals surface area contributed by atoms with Crippen LogP contribution in [0.2, 0.25) is 0 Å². The van der Waals surface area contributed by atoms with Crippen molar-refractivity contribution in [3.63, 3.8) is 0 Å². The Morgan fingerprint density at radius 2 is 1.80 bits per heavy atom. The summed E-state index contributed by atoms with van der Waals surface area (Å²) in [7, 11) is 0. The van der Waals surface area contributed by atoms with Gasteiger partial charge in [-0.25, -0.2) is 0 Å². The Labute approximate surface area is 91.1 Å². The van der Waals surface area contributed by atoms with E-state index in [1.165, 1.54) is 0 Å². The van der Waals surface area contributed by atoms with Crippen LogP contribution >= 0.6 is 0 Å². The lowest BCUT2D eigenvalue weighted by atomic mass is 9.92. The van der Waals surface area contributed by atoms with Crippen LogP contribution in [0.5, 0.6) is 0 Å². The van der Waals surface area contributed by atoms with Gasteiger partial charge in [0.25, 0.3) is 0 Å². The number of aliphatic carboxylic acids is 1. The molecule has 0 bridgehead atoms. The molecule has 15 heavy (non-hydrogen) atoms. The molecule has 0 spiro atoms. The fourth-order valence-electron chi connectivity index (χ4n) is 1.07. The van der Waals surface area contributed by atoms with Gasteiger partial charge in [-0.3, -0.25) is 9.59 Å². The highest BCUT2D eigenvalue weighted by Gasteiger charge is 2.10. The van der Waals surface area contributed by atoms with Crippen LogP contribution in [-0.2, 0) is 9.59 Å². The van der Waals surface area contributed by atoms with E-state index >= 15 is 0 Å². The smallest absolute Gasteiger partial charge is 0.303 e. The van der Waals surface area contributed by atoms with E-state index in [4.69, 9.17) is 5.11 Å². The first-order valence-electron chi connectivity index (χ1n) is 5.30. The normalized spacial score (nSPS) is 11.1. The standard InChI is InChI=1S/C11H21NO3/c1-11(2,3)7-8-12-9(13)5-4-6-10(14)15/h4-8H2,1-3H3,(H,12,13)(H,14,15). The summed E-state index contributed by atoms with van der Waals surface area (Å²) in [5, 5.41) is 11.2. The zero-order valence-electron chi connectivity index (χ0n) is 9.80. The number of carboxylic acid groups (broad SMARTS) is 1. The molecule has 0 aliphatic heterocycles. The predicted octanol–water partition coefficient (Wildman–Crippen LogP) is 1.79. The summed E-state index contributed by atoms with van der Waals surface area (Å²) in [6.45, 7) is 7.01. The van der Waals surface area contributed by atoms with E-state index in [-0.39, 0.29) is 17.7 Å². The van der Waals surface area contributed by atoms with Gasteiger partial charge < -0.3 is 10.4 Å². The number of carboxylic acids is 1. The van der Waals surface area contributed by atoms with E-state index in [9.17, 15) is 9.59 Å². The highest BCUT2D eigenvalue weighted by Crippen LogP contribution is 2.16. The summed E-state index contributed by atoms with van der Waals surface area (Å²) in [6, 6.07) is 0. The number of rotatable bonds is 6. The molecule has 2 N–H and O–H groups in total. The van der Waals surface area contributed by atoms with E-state index in [0.29, 0.717) is 19.4 Å². The van der Waals surface area contributed by atoms with Crippen molar-refractivity contribution in [2.45, 2.75) is 46.5 Å². The molecule has 0 radical (unpaired) electrons. The van der Waals surface area contributed by atoms with Gasteiger partial charge in [-0.1, -0.05) is 20.8 Å². The molecule has 0 fully saturated rings. The lowest BCUT2D eigenvalue weighted by Crippen LogP contribution is -2.27. The summed E-state index contributed by atoms with van der Waals surface area (Å²) in [5.74, 6) is -0.905. The van der Waals surface area contributed by atoms with Gasteiger partial charge in [0.1, 0.15) is 0 Å². The minimum atomic E-state index is -0.850. The lowest BCUT2D eigenvalue weighted by Gasteiger charge is -2.17. The molecule has 4 nitrogen and oxygen atoms in total. The summed E-state index contributed by atoms with van der Waals surface area (Å²) in [5.41, 5.74) is 0.217. The third-order valence-corrected chi connectivity index (χ3v) is 1.99. The first-order chi connectivity index (χ1) is 6.81. The summed E-state index contributed by atoms with van der Waals surface area (Å²) in [4.78, 5) is 21.4. The quantitative estimate of drug-likeness (QED) is 0.710. The molecule has 1 amide bonds. The van der Waals surface area contributed by atoms with Gasteiger partial charge in [0.15, 0.2) is 0 Å². The van der Waals surface area contributed by atoms with Crippen LogP contribution in [0.3, 0.4) is 0 Å². The Bertz CT molecular complexity index is 218.